The lowest BCUT2D eigenvalue weighted by molar-refractivity contribution is -0.146. The Morgan fingerprint density at radius 2 is 2.09 bits per heavy atom. The summed E-state index contributed by atoms with van der Waals surface area (Å²) in [6.07, 6.45) is 4.91. The fraction of sp³-hybridized carbons (Fsp3) is 0.741. The first-order valence-corrected chi connectivity index (χ1v) is 12.9. The Morgan fingerprint density at radius 3 is 2.88 bits per heavy atom. The zero-order chi connectivity index (χ0) is 23.0. The van der Waals surface area contributed by atoms with Crippen molar-refractivity contribution in [2.24, 2.45) is 23.2 Å². The minimum atomic E-state index is -0.0615. The van der Waals surface area contributed by atoms with Crippen LogP contribution in [0, 0.1) is 23.2 Å². The van der Waals surface area contributed by atoms with Crippen molar-refractivity contribution in [3.05, 3.63) is 24.3 Å². The summed E-state index contributed by atoms with van der Waals surface area (Å²) in [5.74, 6) is 1.63. The van der Waals surface area contributed by atoms with E-state index in [1.807, 2.05) is 6.07 Å². The van der Waals surface area contributed by atoms with E-state index in [-0.39, 0.29) is 41.0 Å². The summed E-state index contributed by atoms with van der Waals surface area (Å²) in [5.41, 5.74) is 1.34. The number of epoxide rings is 1. The van der Waals surface area contributed by atoms with Crippen molar-refractivity contribution in [1.29, 1.82) is 0 Å². The number of ether oxygens (including phenoxy) is 3. The minimum absolute atomic E-state index is 0.00780. The van der Waals surface area contributed by atoms with Gasteiger partial charge in [-0.15, -0.1) is 0 Å². The third-order valence-corrected chi connectivity index (χ3v) is 9.75. The molecular formula is C27H38N2O4. The molecule has 180 valence electrons. The normalized spacial score (nSPS) is 44.5. The van der Waals surface area contributed by atoms with Gasteiger partial charge in [-0.3, -0.25) is 9.69 Å². The Labute approximate surface area is 197 Å². The first kappa shape index (κ1) is 21.7. The molecule has 8 atom stereocenters. The first-order chi connectivity index (χ1) is 15.9. The van der Waals surface area contributed by atoms with E-state index < -0.39 is 0 Å². The molecule has 6 heteroatoms. The van der Waals surface area contributed by atoms with Crippen molar-refractivity contribution in [1.82, 2.24) is 4.90 Å². The minimum Gasteiger partial charge on any atom is -0.497 e. The van der Waals surface area contributed by atoms with Gasteiger partial charge >= 0.3 is 5.97 Å². The molecule has 1 aromatic carbocycles. The molecule has 5 aliphatic rings. The van der Waals surface area contributed by atoms with Crippen LogP contribution in [0.1, 0.15) is 46.5 Å². The molecule has 33 heavy (non-hydrogen) atoms. The van der Waals surface area contributed by atoms with Crippen LogP contribution >= 0.6 is 0 Å². The molecule has 3 aliphatic heterocycles. The molecule has 2 saturated carbocycles. The van der Waals surface area contributed by atoms with Crippen molar-refractivity contribution in [3.8, 4) is 5.75 Å². The summed E-state index contributed by atoms with van der Waals surface area (Å²) < 4.78 is 18.1. The second kappa shape index (κ2) is 7.61. The van der Waals surface area contributed by atoms with Gasteiger partial charge in [0.1, 0.15) is 17.5 Å². The first-order valence-electron chi connectivity index (χ1n) is 12.9. The van der Waals surface area contributed by atoms with Gasteiger partial charge < -0.3 is 19.1 Å². The van der Waals surface area contributed by atoms with E-state index in [1.54, 1.807) is 7.11 Å². The van der Waals surface area contributed by atoms with Crippen LogP contribution in [0.25, 0.3) is 0 Å². The van der Waals surface area contributed by atoms with Gasteiger partial charge in [0.15, 0.2) is 0 Å². The number of esters is 1. The number of piperazine rings is 1. The highest BCUT2D eigenvalue weighted by molar-refractivity contribution is 5.76. The van der Waals surface area contributed by atoms with Crippen molar-refractivity contribution >= 4 is 11.7 Å². The van der Waals surface area contributed by atoms with Gasteiger partial charge in [-0.1, -0.05) is 26.3 Å². The third-order valence-electron chi connectivity index (χ3n) is 9.75. The highest BCUT2D eigenvalue weighted by Gasteiger charge is 2.78. The van der Waals surface area contributed by atoms with Crippen molar-refractivity contribution in [2.75, 3.05) is 38.2 Å². The maximum Gasteiger partial charge on any atom is 0.311 e. The molecule has 0 radical (unpaired) electrons. The van der Waals surface area contributed by atoms with Crippen LogP contribution < -0.4 is 9.64 Å². The molecule has 0 unspecified atom stereocenters. The molecule has 6 rings (SSSR count). The van der Waals surface area contributed by atoms with Crippen LogP contribution in [0.3, 0.4) is 0 Å². The predicted octanol–water partition coefficient (Wildman–Crippen LogP) is 3.73. The number of carbonyl (C=O) groups excluding carboxylic acids is 1. The Kier molecular flexibility index (Phi) is 5.01. The van der Waals surface area contributed by atoms with E-state index in [4.69, 9.17) is 14.2 Å². The molecule has 5 fully saturated rings. The maximum absolute atomic E-state index is 13.1. The van der Waals surface area contributed by atoms with Crippen LogP contribution in [-0.2, 0) is 14.3 Å². The third kappa shape index (κ3) is 3.16. The molecule has 6 nitrogen and oxygen atoms in total. The van der Waals surface area contributed by atoms with Gasteiger partial charge in [-0.2, -0.15) is 0 Å². The van der Waals surface area contributed by atoms with Gasteiger partial charge in [0.25, 0.3) is 0 Å². The number of anilines is 1. The number of rotatable bonds is 4. The highest BCUT2D eigenvalue weighted by Crippen LogP contribution is 2.70. The number of hydrogen-bond donors (Lipinski definition) is 0. The zero-order valence-corrected chi connectivity index (χ0v) is 20.5. The number of nitrogens with zero attached hydrogens (tertiary/aromatic N) is 2. The molecular weight excluding hydrogens is 416 g/mol. The summed E-state index contributed by atoms with van der Waals surface area (Å²) in [4.78, 5) is 18.0. The van der Waals surface area contributed by atoms with E-state index in [0.29, 0.717) is 12.0 Å². The Bertz CT molecular complexity index is 938. The standard InChI is InChI=1S/C27H38N2O4/c1-17-7-6-10-26(3)14-22-23(24-27(17,26)33-24)21(25(30)32-22)16-28-11-12-29(18(2)15-28)19-8-5-9-20(13-19)31-4/h5,8-9,13,17-18,21-24H,6-7,10-12,14-16H2,1-4H3/t17-,18-,21-,22+,23+,24+,26+,27+/m0/s1. The van der Waals surface area contributed by atoms with Crippen LogP contribution in [0.4, 0.5) is 5.69 Å². The predicted molar refractivity (Wildman–Crippen MR) is 126 cm³/mol. The lowest BCUT2D eigenvalue weighted by Gasteiger charge is -2.49. The average molecular weight is 455 g/mol. The molecule has 0 bridgehead atoms. The monoisotopic (exact) mass is 454 g/mol. The number of fused-ring (bicyclic) bond motifs is 2. The van der Waals surface area contributed by atoms with E-state index >= 15 is 0 Å². The van der Waals surface area contributed by atoms with Gasteiger partial charge in [-0.05, 0) is 44.2 Å². The smallest absolute Gasteiger partial charge is 0.311 e. The van der Waals surface area contributed by atoms with Crippen LogP contribution in [-0.4, -0.2) is 68.0 Å². The number of benzene rings is 1. The largest absolute Gasteiger partial charge is 0.497 e. The van der Waals surface area contributed by atoms with E-state index in [1.165, 1.54) is 24.9 Å². The van der Waals surface area contributed by atoms with Crippen LogP contribution in [0.2, 0.25) is 0 Å². The van der Waals surface area contributed by atoms with Gasteiger partial charge in [0.2, 0.25) is 0 Å². The topological polar surface area (TPSA) is 54.5 Å². The van der Waals surface area contributed by atoms with Crippen molar-refractivity contribution < 1.29 is 19.0 Å². The summed E-state index contributed by atoms with van der Waals surface area (Å²) >= 11 is 0. The molecule has 0 aromatic heterocycles. The van der Waals surface area contributed by atoms with E-state index in [9.17, 15) is 4.79 Å². The summed E-state index contributed by atoms with van der Waals surface area (Å²) in [6.45, 7) is 10.7. The number of hydrogen-bond acceptors (Lipinski definition) is 6. The summed E-state index contributed by atoms with van der Waals surface area (Å²) in [6, 6.07) is 8.68. The van der Waals surface area contributed by atoms with Crippen molar-refractivity contribution in [2.45, 2.75) is 70.3 Å². The van der Waals surface area contributed by atoms with E-state index in [2.05, 4.69) is 48.8 Å². The second-order valence-corrected chi connectivity index (χ2v) is 11.6. The lowest BCUT2D eigenvalue weighted by atomic mass is 9.53. The highest BCUT2D eigenvalue weighted by atomic mass is 16.6. The van der Waals surface area contributed by atoms with Gasteiger partial charge in [-0.25, -0.2) is 0 Å². The zero-order valence-electron chi connectivity index (χ0n) is 20.5. The maximum atomic E-state index is 13.1. The van der Waals surface area contributed by atoms with Gasteiger partial charge in [0, 0.05) is 55.3 Å². The molecule has 0 amide bonds. The molecule has 0 N–H and O–H groups in total. The summed E-state index contributed by atoms with van der Waals surface area (Å²) in [5, 5.41) is 0. The average Bonchev–Trinajstić information content (AvgIpc) is 3.48. The number of carbonyl (C=O) groups is 1. The fourth-order valence-corrected chi connectivity index (χ4v) is 8.09. The molecule has 2 aliphatic carbocycles. The van der Waals surface area contributed by atoms with Gasteiger partial charge in [0.05, 0.1) is 19.1 Å². The SMILES string of the molecule is COc1cccc(N2CCN(C[C@@H]3C(=O)O[C@@H]4C[C@@]5(C)CCC[C@H](C)[C@]56O[C@@H]6[C@H]34)C[C@@H]2C)c1. The molecule has 3 heterocycles. The molecule has 1 aromatic rings. The lowest BCUT2D eigenvalue weighted by Crippen LogP contribution is -2.56. The summed E-state index contributed by atoms with van der Waals surface area (Å²) in [7, 11) is 1.71. The quantitative estimate of drug-likeness (QED) is 0.510. The second-order valence-electron chi connectivity index (χ2n) is 11.6. The Morgan fingerprint density at radius 1 is 1.24 bits per heavy atom. The Balaban J connectivity index is 1.15. The van der Waals surface area contributed by atoms with E-state index in [0.717, 1.165) is 38.3 Å². The Hall–Kier alpha value is -1.79. The van der Waals surface area contributed by atoms with Crippen LogP contribution in [0.5, 0.6) is 5.75 Å². The fourth-order valence-electron chi connectivity index (χ4n) is 8.09. The van der Waals surface area contributed by atoms with Crippen molar-refractivity contribution in [3.63, 3.8) is 0 Å². The number of methoxy groups -OCH3 is 1. The molecule has 3 saturated heterocycles. The van der Waals surface area contributed by atoms with Crippen LogP contribution in [0.15, 0.2) is 24.3 Å². The molecule has 1 spiro atoms.